The van der Waals surface area contributed by atoms with Crippen LogP contribution in [0.4, 0.5) is 0 Å². The Labute approximate surface area is 185 Å². The molecule has 4 fully saturated rings. The number of aryl methyl sites for hydroxylation is 1. The first-order valence-electron chi connectivity index (χ1n) is 11.7. The Morgan fingerprint density at radius 3 is 2.35 bits per heavy atom. The van der Waals surface area contributed by atoms with Gasteiger partial charge in [-0.15, -0.1) is 0 Å². The Balaban J connectivity index is 1.45. The molecule has 2 aromatic rings. The molecule has 0 spiro atoms. The molecular formula is C28H32O3. The lowest BCUT2D eigenvalue weighted by atomic mass is 9.48. The van der Waals surface area contributed by atoms with Crippen LogP contribution in [0.25, 0.3) is 17.2 Å². The van der Waals surface area contributed by atoms with Gasteiger partial charge in [-0.05, 0) is 116 Å². The van der Waals surface area contributed by atoms with Gasteiger partial charge in [-0.2, -0.15) is 0 Å². The Bertz CT molecular complexity index is 997. The van der Waals surface area contributed by atoms with Gasteiger partial charge in [0.15, 0.2) is 0 Å². The van der Waals surface area contributed by atoms with Gasteiger partial charge in [0.05, 0.1) is 6.61 Å². The van der Waals surface area contributed by atoms with Crippen molar-refractivity contribution in [2.45, 2.75) is 57.8 Å². The maximum atomic E-state index is 11.6. The van der Waals surface area contributed by atoms with Gasteiger partial charge >= 0.3 is 5.97 Å². The molecule has 0 aliphatic heterocycles. The lowest BCUT2D eigenvalue weighted by Gasteiger charge is -2.57. The van der Waals surface area contributed by atoms with Crippen molar-refractivity contribution in [1.29, 1.82) is 0 Å². The van der Waals surface area contributed by atoms with Crippen LogP contribution in [-0.4, -0.2) is 17.7 Å². The third-order valence-corrected chi connectivity index (χ3v) is 7.87. The van der Waals surface area contributed by atoms with E-state index < -0.39 is 0 Å². The van der Waals surface area contributed by atoms with Crippen molar-refractivity contribution in [3.63, 3.8) is 0 Å². The first-order valence-corrected chi connectivity index (χ1v) is 11.7. The highest BCUT2D eigenvalue weighted by Crippen LogP contribution is 2.62. The summed E-state index contributed by atoms with van der Waals surface area (Å²) < 4.78 is 4.96. The van der Waals surface area contributed by atoms with Crippen molar-refractivity contribution >= 4 is 12.0 Å². The van der Waals surface area contributed by atoms with E-state index in [0.29, 0.717) is 12.4 Å². The number of phenols is 1. The van der Waals surface area contributed by atoms with Crippen LogP contribution in [0.5, 0.6) is 5.75 Å². The Kier molecular flexibility index (Phi) is 5.16. The normalized spacial score (nSPS) is 28.9. The maximum absolute atomic E-state index is 11.6. The first kappa shape index (κ1) is 20.4. The number of rotatable bonds is 5. The molecule has 0 unspecified atom stereocenters. The molecule has 0 saturated heterocycles. The summed E-state index contributed by atoms with van der Waals surface area (Å²) in [7, 11) is 0. The molecule has 0 amide bonds. The molecule has 6 rings (SSSR count). The summed E-state index contributed by atoms with van der Waals surface area (Å²) in [5, 5.41) is 10.9. The molecule has 0 aromatic heterocycles. The third kappa shape index (κ3) is 3.79. The number of phenolic OH excluding ortho intramolecular Hbond substituents is 1. The van der Waals surface area contributed by atoms with Crippen LogP contribution in [0.3, 0.4) is 0 Å². The number of carbonyl (C=O) groups excluding carboxylic acids is 1. The number of ether oxygens (including phenoxy) is 1. The standard InChI is InChI=1S/C28H32O3/c1-3-31-27(30)9-5-19-4-7-24(18(2)10-19)23-6-8-26(29)25(14-23)28-15-20-11-21(16-28)13-22(12-20)17-28/h4-10,14,20-22,29H,3,11-13,15-17H2,1-2H3. The Morgan fingerprint density at radius 1 is 1.06 bits per heavy atom. The minimum atomic E-state index is -0.317. The number of hydrogen-bond donors (Lipinski definition) is 1. The van der Waals surface area contributed by atoms with Gasteiger partial charge in [0, 0.05) is 11.6 Å². The van der Waals surface area contributed by atoms with Crippen LogP contribution in [0.1, 0.15) is 62.1 Å². The van der Waals surface area contributed by atoms with Crippen molar-refractivity contribution in [2.75, 3.05) is 6.61 Å². The van der Waals surface area contributed by atoms with Crippen LogP contribution in [-0.2, 0) is 14.9 Å². The molecular weight excluding hydrogens is 384 g/mol. The molecule has 0 atom stereocenters. The van der Waals surface area contributed by atoms with Crippen molar-refractivity contribution < 1.29 is 14.6 Å². The molecule has 31 heavy (non-hydrogen) atoms. The average Bonchev–Trinajstić information content (AvgIpc) is 2.72. The topological polar surface area (TPSA) is 46.5 Å². The highest BCUT2D eigenvalue weighted by atomic mass is 16.5. The number of esters is 1. The maximum Gasteiger partial charge on any atom is 0.330 e. The second-order valence-electron chi connectivity index (χ2n) is 10.1. The lowest BCUT2D eigenvalue weighted by Crippen LogP contribution is -2.48. The fourth-order valence-corrected chi connectivity index (χ4v) is 7.04. The zero-order chi connectivity index (χ0) is 21.6. The Hall–Kier alpha value is -2.55. The summed E-state index contributed by atoms with van der Waals surface area (Å²) in [4.78, 5) is 11.6. The van der Waals surface area contributed by atoms with E-state index in [4.69, 9.17) is 4.74 Å². The van der Waals surface area contributed by atoms with Gasteiger partial charge in [-0.1, -0.05) is 24.3 Å². The molecule has 4 aliphatic rings. The first-order chi connectivity index (χ1) is 15.0. The predicted octanol–water partition coefficient (Wildman–Crippen LogP) is 6.41. The fourth-order valence-electron chi connectivity index (χ4n) is 7.04. The van der Waals surface area contributed by atoms with Crippen molar-refractivity contribution in [1.82, 2.24) is 0 Å². The zero-order valence-electron chi connectivity index (χ0n) is 18.6. The minimum absolute atomic E-state index is 0.172. The number of aromatic hydroxyl groups is 1. The molecule has 162 valence electrons. The predicted molar refractivity (Wildman–Crippen MR) is 124 cm³/mol. The van der Waals surface area contributed by atoms with Crippen LogP contribution >= 0.6 is 0 Å². The highest BCUT2D eigenvalue weighted by molar-refractivity contribution is 5.87. The monoisotopic (exact) mass is 416 g/mol. The second-order valence-corrected chi connectivity index (χ2v) is 10.1. The molecule has 2 aromatic carbocycles. The molecule has 3 nitrogen and oxygen atoms in total. The highest BCUT2D eigenvalue weighted by Gasteiger charge is 2.52. The van der Waals surface area contributed by atoms with Gasteiger partial charge in [0.1, 0.15) is 5.75 Å². The van der Waals surface area contributed by atoms with E-state index in [2.05, 4.69) is 25.1 Å². The van der Waals surface area contributed by atoms with E-state index in [1.807, 2.05) is 18.2 Å². The molecule has 4 aliphatic carbocycles. The van der Waals surface area contributed by atoms with Gasteiger partial charge in [0.25, 0.3) is 0 Å². The van der Waals surface area contributed by atoms with Gasteiger partial charge in [0.2, 0.25) is 0 Å². The van der Waals surface area contributed by atoms with Gasteiger partial charge in [-0.25, -0.2) is 4.79 Å². The van der Waals surface area contributed by atoms with Crippen molar-refractivity contribution in [3.8, 4) is 16.9 Å². The average molecular weight is 417 g/mol. The molecule has 3 heteroatoms. The Morgan fingerprint density at radius 2 is 1.74 bits per heavy atom. The van der Waals surface area contributed by atoms with E-state index in [1.165, 1.54) is 61.3 Å². The molecule has 1 N–H and O–H groups in total. The van der Waals surface area contributed by atoms with Crippen LogP contribution in [0.2, 0.25) is 0 Å². The van der Waals surface area contributed by atoms with E-state index in [9.17, 15) is 9.90 Å². The van der Waals surface area contributed by atoms with Gasteiger partial charge in [-0.3, -0.25) is 0 Å². The van der Waals surface area contributed by atoms with Gasteiger partial charge < -0.3 is 9.84 Å². The van der Waals surface area contributed by atoms with Crippen molar-refractivity contribution in [3.05, 3.63) is 59.2 Å². The third-order valence-electron chi connectivity index (χ3n) is 7.87. The summed E-state index contributed by atoms with van der Waals surface area (Å²) in [6.45, 7) is 4.29. The quantitative estimate of drug-likeness (QED) is 0.452. The van der Waals surface area contributed by atoms with E-state index in [0.717, 1.165) is 28.9 Å². The molecule has 4 bridgehead atoms. The van der Waals surface area contributed by atoms with E-state index >= 15 is 0 Å². The number of hydrogen-bond acceptors (Lipinski definition) is 3. The molecule has 0 heterocycles. The summed E-state index contributed by atoms with van der Waals surface area (Å²) >= 11 is 0. The summed E-state index contributed by atoms with van der Waals surface area (Å²) in [5.74, 6) is 2.70. The van der Waals surface area contributed by atoms with Crippen LogP contribution in [0.15, 0.2) is 42.5 Å². The van der Waals surface area contributed by atoms with E-state index in [-0.39, 0.29) is 11.4 Å². The fraction of sp³-hybridized carbons (Fsp3) is 0.464. The second kappa shape index (κ2) is 7.85. The zero-order valence-corrected chi connectivity index (χ0v) is 18.6. The smallest absolute Gasteiger partial charge is 0.330 e. The minimum Gasteiger partial charge on any atom is -0.508 e. The lowest BCUT2D eigenvalue weighted by molar-refractivity contribution is -0.137. The molecule has 0 radical (unpaired) electrons. The largest absolute Gasteiger partial charge is 0.508 e. The number of benzene rings is 2. The van der Waals surface area contributed by atoms with E-state index in [1.54, 1.807) is 13.0 Å². The van der Waals surface area contributed by atoms with Crippen LogP contribution in [0, 0.1) is 24.7 Å². The SMILES string of the molecule is CCOC(=O)C=Cc1ccc(-c2ccc(O)c(C34CC5CC(CC(C5)C3)C4)c2)c(C)c1. The van der Waals surface area contributed by atoms with Crippen LogP contribution < -0.4 is 0 Å². The summed E-state index contributed by atoms with van der Waals surface area (Å²) in [6, 6.07) is 12.5. The number of carbonyl (C=O) groups is 1. The van der Waals surface area contributed by atoms with Crippen molar-refractivity contribution in [2.24, 2.45) is 17.8 Å². The summed E-state index contributed by atoms with van der Waals surface area (Å²) in [6.07, 6.45) is 11.2. The molecule has 4 saturated carbocycles. The summed E-state index contributed by atoms with van der Waals surface area (Å²) in [5.41, 5.74) is 5.84.